The molecule has 0 amide bonds. The fourth-order valence-corrected chi connectivity index (χ4v) is 0.279. The molecular formula is C5H12N2O. The average Bonchev–Trinajstić information content (AvgIpc) is 1.67. The number of hydrazine groups is 1. The maximum Gasteiger partial charge on any atom is 0.0934 e. The fraction of sp³-hybridized carbons (Fsp3) is 0.600. The molecule has 0 aliphatic rings. The highest BCUT2D eigenvalue weighted by Gasteiger charge is 2.12. The van der Waals surface area contributed by atoms with Crippen LogP contribution in [0.5, 0.6) is 0 Å². The van der Waals surface area contributed by atoms with Crippen LogP contribution in [0.25, 0.3) is 0 Å². The van der Waals surface area contributed by atoms with Crippen molar-refractivity contribution in [2.24, 2.45) is 5.84 Å². The molecular weight excluding hydrogens is 104 g/mol. The van der Waals surface area contributed by atoms with E-state index in [0.29, 0.717) is 6.54 Å². The second-order valence-electron chi connectivity index (χ2n) is 1.94. The van der Waals surface area contributed by atoms with E-state index in [2.05, 4.69) is 12.0 Å². The van der Waals surface area contributed by atoms with Crippen LogP contribution < -0.4 is 11.3 Å². The molecule has 0 aliphatic heterocycles. The van der Waals surface area contributed by atoms with Crippen molar-refractivity contribution < 1.29 is 5.11 Å². The Morgan fingerprint density at radius 1 is 2.00 bits per heavy atom. The smallest absolute Gasteiger partial charge is 0.0934 e. The maximum atomic E-state index is 9.06. The van der Waals surface area contributed by atoms with Crippen molar-refractivity contribution in [2.45, 2.75) is 12.5 Å². The van der Waals surface area contributed by atoms with Gasteiger partial charge in [-0.1, -0.05) is 6.08 Å². The summed E-state index contributed by atoms with van der Waals surface area (Å²) in [6.07, 6.45) is 1.44. The number of nitrogens with one attached hydrogen (secondary N) is 1. The van der Waals surface area contributed by atoms with E-state index >= 15 is 0 Å². The second kappa shape index (κ2) is 2.81. The summed E-state index contributed by atoms with van der Waals surface area (Å²) in [5.41, 5.74) is 1.46. The molecule has 0 rings (SSSR count). The van der Waals surface area contributed by atoms with Crippen LogP contribution in [0.4, 0.5) is 0 Å². The van der Waals surface area contributed by atoms with Crippen LogP contribution in [0, 0.1) is 0 Å². The molecule has 1 unspecified atom stereocenters. The molecule has 0 aromatic heterocycles. The minimum Gasteiger partial charge on any atom is -0.385 e. The zero-order valence-corrected chi connectivity index (χ0v) is 5.02. The predicted molar refractivity (Wildman–Crippen MR) is 33.0 cm³/mol. The Hall–Kier alpha value is -0.380. The number of rotatable bonds is 3. The van der Waals surface area contributed by atoms with Gasteiger partial charge in [-0.05, 0) is 6.92 Å². The first-order chi connectivity index (χ1) is 3.62. The zero-order chi connectivity index (χ0) is 6.62. The standard InChI is InChI=1S/C5H12N2O/c1-3-5(2,8)4-7-6/h3,7-8H,1,4,6H2,2H3. The van der Waals surface area contributed by atoms with E-state index in [1.807, 2.05) is 0 Å². The molecule has 0 fully saturated rings. The van der Waals surface area contributed by atoms with Crippen molar-refractivity contribution in [1.82, 2.24) is 5.43 Å². The lowest BCUT2D eigenvalue weighted by Crippen LogP contribution is -2.39. The lowest BCUT2D eigenvalue weighted by atomic mass is 10.1. The van der Waals surface area contributed by atoms with Crippen molar-refractivity contribution in [3.8, 4) is 0 Å². The van der Waals surface area contributed by atoms with E-state index in [-0.39, 0.29) is 0 Å². The number of hydrogen-bond donors (Lipinski definition) is 3. The highest BCUT2D eigenvalue weighted by molar-refractivity contribution is 4.92. The summed E-state index contributed by atoms with van der Waals surface area (Å²) in [6.45, 7) is 5.36. The van der Waals surface area contributed by atoms with Gasteiger partial charge in [-0.25, -0.2) is 0 Å². The first kappa shape index (κ1) is 7.62. The van der Waals surface area contributed by atoms with Crippen LogP contribution in [0.1, 0.15) is 6.92 Å². The number of aliphatic hydroxyl groups is 1. The monoisotopic (exact) mass is 116 g/mol. The summed E-state index contributed by atoms with van der Waals surface area (Å²) in [5, 5.41) is 9.06. The molecule has 0 aliphatic carbocycles. The summed E-state index contributed by atoms with van der Waals surface area (Å²) < 4.78 is 0. The molecule has 3 heteroatoms. The van der Waals surface area contributed by atoms with E-state index < -0.39 is 5.60 Å². The molecule has 0 bridgehead atoms. The lowest BCUT2D eigenvalue weighted by Gasteiger charge is -2.16. The van der Waals surface area contributed by atoms with Crippen LogP contribution in [0.15, 0.2) is 12.7 Å². The third-order valence-electron chi connectivity index (χ3n) is 0.900. The van der Waals surface area contributed by atoms with Gasteiger partial charge in [0.05, 0.1) is 5.60 Å². The van der Waals surface area contributed by atoms with Crippen molar-refractivity contribution in [3.05, 3.63) is 12.7 Å². The van der Waals surface area contributed by atoms with Gasteiger partial charge in [0, 0.05) is 6.54 Å². The molecule has 1 atom stereocenters. The van der Waals surface area contributed by atoms with Crippen LogP contribution in [0.3, 0.4) is 0 Å². The molecule has 0 aromatic rings. The summed E-state index contributed by atoms with van der Waals surface area (Å²) in [6, 6.07) is 0. The van der Waals surface area contributed by atoms with E-state index in [1.54, 1.807) is 6.92 Å². The molecule has 0 saturated heterocycles. The van der Waals surface area contributed by atoms with Gasteiger partial charge in [0.2, 0.25) is 0 Å². The molecule has 0 spiro atoms. The van der Waals surface area contributed by atoms with Crippen LogP contribution in [0.2, 0.25) is 0 Å². The van der Waals surface area contributed by atoms with Gasteiger partial charge in [0.15, 0.2) is 0 Å². The van der Waals surface area contributed by atoms with Crippen molar-refractivity contribution in [2.75, 3.05) is 6.54 Å². The fourth-order valence-electron chi connectivity index (χ4n) is 0.279. The molecule has 8 heavy (non-hydrogen) atoms. The van der Waals surface area contributed by atoms with Gasteiger partial charge in [-0.2, -0.15) is 0 Å². The minimum atomic E-state index is -0.880. The molecule has 4 N–H and O–H groups in total. The summed E-state index contributed by atoms with van der Waals surface area (Å²) in [5.74, 6) is 4.93. The van der Waals surface area contributed by atoms with Gasteiger partial charge < -0.3 is 5.11 Å². The van der Waals surface area contributed by atoms with Gasteiger partial charge in [-0.3, -0.25) is 11.3 Å². The second-order valence-corrected chi connectivity index (χ2v) is 1.94. The van der Waals surface area contributed by atoms with Crippen LogP contribution in [-0.2, 0) is 0 Å². The van der Waals surface area contributed by atoms with Crippen LogP contribution >= 0.6 is 0 Å². The van der Waals surface area contributed by atoms with Crippen molar-refractivity contribution >= 4 is 0 Å². The molecule has 48 valence electrons. The Morgan fingerprint density at radius 3 is 2.62 bits per heavy atom. The zero-order valence-electron chi connectivity index (χ0n) is 5.02. The van der Waals surface area contributed by atoms with E-state index in [9.17, 15) is 0 Å². The molecule has 0 heterocycles. The molecule has 3 nitrogen and oxygen atoms in total. The molecule has 0 radical (unpaired) electrons. The summed E-state index contributed by atoms with van der Waals surface area (Å²) in [7, 11) is 0. The third kappa shape index (κ3) is 2.74. The highest BCUT2D eigenvalue weighted by atomic mass is 16.3. The van der Waals surface area contributed by atoms with E-state index in [1.165, 1.54) is 6.08 Å². The SMILES string of the molecule is C=CC(C)(O)CNN. The first-order valence-corrected chi connectivity index (χ1v) is 2.42. The summed E-state index contributed by atoms with van der Waals surface area (Å²) in [4.78, 5) is 0. The number of nitrogens with two attached hydrogens (primary N) is 1. The largest absolute Gasteiger partial charge is 0.385 e. The topological polar surface area (TPSA) is 58.3 Å². The Balaban J connectivity index is 3.53. The van der Waals surface area contributed by atoms with Gasteiger partial charge in [-0.15, -0.1) is 6.58 Å². The van der Waals surface area contributed by atoms with Crippen LogP contribution in [-0.4, -0.2) is 17.3 Å². The van der Waals surface area contributed by atoms with Crippen molar-refractivity contribution in [3.63, 3.8) is 0 Å². The lowest BCUT2D eigenvalue weighted by molar-refractivity contribution is 0.111. The normalized spacial score (nSPS) is 17.4. The molecule has 0 aromatic carbocycles. The van der Waals surface area contributed by atoms with Crippen molar-refractivity contribution in [1.29, 1.82) is 0 Å². The van der Waals surface area contributed by atoms with E-state index in [0.717, 1.165) is 0 Å². The van der Waals surface area contributed by atoms with Gasteiger partial charge >= 0.3 is 0 Å². The Bertz CT molecular complexity index is 80.5. The third-order valence-corrected chi connectivity index (χ3v) is 0.900. The van der Waals surface area contributed by atoms with Gasteiger partial charge in [0.25, 0.3) is 0 Å². The first-order valence-electron chi connectivity index (χ1n) is 2.42. The Labute approximate surface area is 49.2 Å². The molecule has 0 saturated carbocycles. The maximum absolute atomic E-state index is 9.06. The average molecular weight is 116 g/mol. The Morgan fingerprint density at radius 2 is 2.50 bits per heavy atom. The Kier molecular flexibility index (Phi) is 2.68. The number of hydrogen-bond acceptors (Lipinski definition) is 3. The van der Waals surface area contributed by atoms with E-state index in [4.69, 9.17) is 10.9 Å². The predicted octanol–water partition coefficient (Wildman–Crippen LogP) is -0.613. The highest BCUT2D eigenvalue weighted by Crippen LogP contribution is 1.99. The summed E-state index contributed by atoms with van der Waals surface area (Å²) >= 11 is 0. The minimum absolute atomic E-state index is 0.330. The quantitative estimate of drug-likeness (QED) is 0.262. The van der Waals surface area contributed by atoms with Gasteiger partial charge in [0.1, 0.15) is 0 Å².